The van der Waals surface area contributed by atoms with Gasteiger partial charge in [-0.2, -0.15) is 4.98 Å². The average Bonchev–Trinajstić information content (AvgIpc) is 2.93. The molecule has 3 heterocycles. The number of rotatable bonds is 0. The van der Waals surface area contributed by atoms with E-state index in [1.54, 1.807) is 0 Å². The highest BCUT2D eigenvalue weighted by atomic mass is 16.1. The Kier molecular flexibility index (Phi) is 2.99. The predicted octanol–water partition coefficient (Wildman–Crippen LogP) is 4.72. The maximum atomic E-state index is 13.1. The van der Waals surface area contributed by atoms with Crippen molar-refractivity contribution in [2.75, 3.05) is 0 Å². The molecule has 3 aromatic rings. The molecule has 3 aromatic heterocycles. The largest absolute Gasteiger partial charge is 0.304 e. The van der Waals surface area contributed by atoms with Crippen molar-refractivity contribution in [1.82, 2.24) is 14.4 Å². The Bertz CT molecular complexity index is 1180. The van der Waals surface area contributed by atoms with Crippen molar-refractivity contribution < 1.29 is 0 Å². The van der Waals surface area contributed by atoms with E-state index in [2.05, 4.69) is 62.1 Å². The number of nitrogens with zero attached hydrogens (tertiary/aromatic N) is 3. The molecular formula is C23H27N3O. The highest BCUT2D eigenvalue weighted by Gasteiger charge is 2.61. The normalized spacial score (nSPS) is 26.1. The molecule has 0 radical (unpaired) electrons. The second-order valence-corrected chi connectivity index (χ2v) is 10.2. The third kappa shape index (κ3) is 1.86. The first-order chi connectivity index (χ1) is 12.6. The van der Waals surface area contributed by atoms with Gasteiger partial charge in [-0.15, -0.1) is 0 Å². The zero-order valence-electron chi connectivity index (χ0n) is 17.1. The van der Waals surface area contributed by atoms with Crippen molar-refractivity contribution in [2.45, 2.75) is 71.1 Å². The molecule has 2 atom stereocenters. The van der Waals surface area contributed by atoms with Gasteiger partial charge in [-0.3, -0.25) is 9.78 Å². The molecule has 2 aliphatic rings. The van der Waals surface area contributed by atoms with Crippen LogP contribution in [0, 0.1) is 5.41 Å². The summed E-state index contributed by atoms with van der Waals surface area (Å²) in [5.41, 5.74) is 5.01. The van der Waals surface area contributed by atoms with Gasteiger partial charge in [-0.25, -0.2) is 0 Å². The minimum absolute atomic E-state index is 0.0109. The highest BCUT2D eigenvalue weighted by molar-refractivity contribution is 5.94. The lowest BCUT2D eigenvalue weighted by molar-refractivity contribution is 0.226. The zero-order chi connectivity index (χ0) is 19.4. The van der Waals surface area contributed by atoms with Gasteiger partial charge < -0.3 is 4.40 Å². The molecule has 5 rings (SSSR count). The van der Waals surface area contributed by atoms with E-state index in [0.717, 1.165) is 35.0 Å². The van der Waals surface area contributed by atoms with Crippen LogP contribution >= 0.6 is 0 Å². The van der Waals surface area contributed by atoms with Gasteiger partial charge in [0.05, 0.1) is 5.52 Å². The van der Waals surface area contributed by atoms with Crippen molar-refractivity contribution >= 4 is 16.6 Å². The van der Waals surface area contributed by atoms with E-state index in [-0.39, 0.29) is 21.8 Å². The summed E-state index contributed by atoms with van der Waals surface area (Å²) in [4.78, 5) is 22.4. The van der Waals surface area contributed by atoms with E-state index in [0.29, 0.717) is 5.92 Å². The van der Waals surface area contributed by atoms with Crippen molar-refractivity contribution in [3.63, 3.8) is 0 Å². The van der Waals surface area contributed by atoms with E-state index >= 15 is 0 Å². The Hall–Kier alpha value is -2.23. The monoisotopic (exact) mass is 361 g/mol. The minimum atomic E-state index is -0.0507. The molecule has 1 fully saturated rings. The predicted molar refractivity (Wildman–Crippen MR) is 109 cm³/mol. The van der Waals surface area contributed by atoms with Crippen molar-refractivity contribution in [3.8, 4) is 0 Å². The van der Waals surface area contributed by atoms with Gasteiger partial charge in [0, 0.05) is 40.0 Å². The van der Waals surface area contributed by atoms with Crippen LogP contribution in [0.5, 0.6) is 0 Å². The summed E-state index contributed by atoms with van der Waals surface area (Å²) in [5, 5.41) is 0.967. The van der Waals surface area contributed by atoms with Crippen LogP contribution in [0.25, 0.3) is 16.6 Å². The van der Waals surface area contributed by atoms with Gasteiger partial charge in [0.1, 0.15) is 0 Å². The lowest BCUT2D eigenvalue weighted by atomic mass is 9.70. The molecule has 0 aromatic carbocycles. The molecule has 0 N–H and O–H groups in total. The van der Waals surface area contributed by atoms with Crippen LogP contribution in [-0.2, 0) is 10.8 Å². The van der Waals surface area contributed by atoms with Crippen LogP contribution in [0.4, 0.5) is 0 Å². The van der Waals surface area contributed by atoms with Crippen LogP contribution in [0.2, 0.25) is 0 Å². The molecule has 0 spiro atoms. The van der Waals surface area contributed by atoms with E-state index in [1.807, 2.05) is 18.3 Å². The Morgan fingerprint density at radius 3 is 2.67 bits per heavy atom. The Balaban J connectivity index is 2.04. The Morgan fingerprint density at radius 1 is 1.22 bits per heavy atom. The zero-order valence-corrected chi connectivity index (χ0v) is 17.1. The van der Waals surface area contributed by atoms with E-state index < -0.39 is 0 Å². The fourth-order valence-electron chi connectivity index (χ4n) is 5.71. The first-order valence-electron chi connectivity index (χ1n) is 9.92. The van der Waals surface area contributed by atoms with E-state index in [9.17, 15) is 4.79 Å². The molecule has 2 aliphatic carbocycles. The fourth-order valence-corrected chi connectivity index (χ4v) is 5.71. The average molecular weight is 361 g/mol. The lowest BCUT2D eigenvalue weighted by Crippen LogP contribution is -2.33. The molecule has 1 saturated carbocycles. The maximum absolute atomic E-state index is 13.1. The molecule has 140 valence electrons. The standard InChI is InChI=1S/C23H27N3O/c1-21(2,3)15-12-26-18-16(14-9-10-23(18,6)22(14,4)5)20(27)25-19(26)13-8-7-11-24-17(13)15/h7-8,11-12,14H,9-10H2,1-6H3. The van der Waals surface area contributed by atoms with Crippen molar-refractivity contribution in [2.24, 2.45) is 5.41 Å². The maximum Gasteiger partial charge on any atom is 0.277 e. The van der Waals surface area contributed by atoms with Crippen molar-refractivity contribution in [3.05, 3.63) is 51.7 Å². The second-order valence-electron chi connectivity index (χ2n) is 10.2. The third-order valence-electron chi connectivity index (χ3n) is 7.63. The molecule has 4 heteroatoms. The smallest absolute Gasteiger partial charge is 0.277 e. The molecule has 0 aliphatic heterocycles. The van der Waals surface area contributed by atoms with E-state index in [4.69, 9.17) is 0 Å². The van der Waals surface area contributed by atoms with Gasteiger partial charge in [-0.1, -0.05) is 41.5 Å². The first-order valence-corrected chi connectivity index (χ1v) is 9.92. The molecule has 4 nitrogen and oxygen atoms in total. The van der Waals surface area contributed by atoms with Gasteiger partial charge in [0.2, 0.25) is 0 Å². The van der Waals surface area contributed by atoms with Gasteiger partial charge in [0.25, 0.3) is 5.56 Å². The lowest BCUT2D eigenvalue weighted by Gasteiger charge is -2.36. The fraction of sp³-hybridized carbons (Fsp3) is 0.522. The third-order valence-corrected chi connectivity index (χ3v) is 7.63. The van der Waals surface area contributed by atoms with Gasteiger partial charge in [0.15, 0.2) is 5.65 Å². The van der Waals surface area contributed by atoms with Crippen LogP contribution in [-0.4, -0.2) is 14.4 Å². The Morgan fingerprint density at radius 2 is 1.96 bits per heavy atom. The summed E-state index contributed by atoms with van der Waals surface area (Å²) in [6, 6.07) is 3.98. The summed E-state index contributed by atoms with van der Waals surface area (Å²) in [7, 11) is 0. The molecule has 27 heavy (non-hydrogen) atoms. The highest BCUT2D eigenvalue weighted by Crippen LogP contribution is 2.66. The summed E-state index contributed by atoms with van der Waals surface area (Å²) in [6.45, 7) is 13.6. The number of pyridine rings is 2. The molecular weight excluding hydrogens is 334 g/mol. The van der Waals surface area contributed by atoms with Crippen LogP contribution in [0.15, 0.2) is 29.3 Å². The summed E-state index contributed by atoms with van der Waals surface area (Å²) >= 11 is 0. The number of hydrogen-bond donors (Lipinski definition) is 0. The van der Waals surface area contributed by atoms with Crippen LogP contribution in [0.1, 0.15) is 77.1 Å². The SMILES string of the molecule is CC(C)(C)c1cn2c3c(c(=O)nc2c2cccnc12)C1CCC3(C)C1(C)C. The molecule has 2 bridgehead atoms. The molecule has 0 saturated heterocycles. The second kappa shape index (κ2) is 4.78. The quantitative estimate of drug-likeness (QED) is 0.545. The number of hydrogen-bond acceptors (Lipinski definition) is 3. The van der Waals surface area contributed by atoms with Crippen LogP contribution < -0.4 is 5.56 Å². The Labute approximate surface area is 159 Å². The summed E-state index contributed by atoms with van der Waals surface area (Å²) in [5.74, 6) is 0.303. The molecule has 2 unspecified atom stereocenters. The number of aromatic nitrogens is 3. The minimum Gasteiger partial charge on any atom is -0.304 e. The summed E-state index contributed by atoms with van der Waals surface area (Å²) < 4.78 is 2.24. The van der Waals surface area contributed by atoms with Gasteiger partial charge >= 0.3 is 0 Å². The van der Waals surface area contributed by atoms with Crippen molar-refractivity contribution in [1.29, 1.82) is 0 Å². The van der Waals surface area contributed by atoms with Crippen LogP contribution in [0.3, 0.4) is 0 Å². The number of fused-ring (bicyclic) bond motifs is 9. The summed E-state index contributed by atoms with van der Waals surface area (Å²) in [6.07, 6.45) is 6.24. The molecule has 0 amide bonds. The topological polar surface area (TPSA) is 47.3 Å². The van der Waals surface area contributed by atoms with E-state index in [1.165, 1.54) is 11.3 Å². The first kappa shape index (κ1) is 16.9. The van der Waals surface area contributed by atoms with Gasteiger partial charge in [-0.05, 0) is 41.7 Å².